The van der Waals surface area contributed by atoms with Gasteiger partial charge in [-0.2, -0.15) is 0 Å². The molecule has 1 nitrogen and oxygen atoms in total. The Kier molecular flexibility index (Phi) is 3.65. The molecule has 1 aromatic carbocycles. The fraction of sp³-hybridized carbons (Fsp3) is 0.308. The van der Waals surface area contributed by atoms with Crippen molar-refractivity contribution in [2.24, 2.45) is 0 Å². The van der Waals surface area contributed by atoms with Crippen LogP contribution in [0.1, 0.15) is 24.6 Å². The first-order valence-corrected chi connectivity index (χ1v) is 6.95. The summed E-state index contributed by atoms with van der Waals surface area (Å²) in [6.45, 7) is 4.26. The smallest absolute Gasteiger partial charge is 0.0728 e. The summed E-state index contributed by atoms with van der Waals surface area (Å²) in [6, 6.07) is 6.37. The fourth-order valence-corrected chi connectivity index (χ4v) is 2.66. The molecule has 0 aliphatic heterocycles. The first-order valence-electron chi connectivity index (χ1n) is 5.37. The molecule has 0 saturated heterocycles. The molecule has 1 heterocycles. The molecule has 84 valence electrons. The van der Waals surface area contributed by atoms with Gasteiger partial charge in [-0.25, -0.2) is 0 Å². The Hall–Kier alpha value is -0.410. The predicted molar refractivity (Wildman–Crippen MR) is 75.9 cm³/mol. The second-order valence-corrected chi connectivity index (χ2v) is 5.67. The first kappa shape index (κ1) is 12.1. The second-order valence-electron chi connectivity index (χ2n) is 3.96. The van der Waals surface area contributed by atoms with Crippen LogP contribution in [0.15, 0.2) is 27.1 Å². The standard InChI is InChI=1S/C13H13Br2N/c1-3-4-9-6-12(15)10-5-8(2)11(14)7-13(10)16-9/h5-7H,3-4H2,1-2H3. The minimum Gasteiger partial charge on any atom is -0.253 e. The third kappa shape index (κ3) is 2.30. The summed E-state index contributed by atoms with van der Waals surface area (Å²) in [4.78, 5) is 4.67. The Bertz CT molecular complexity index is 535. The number of hydrogen-bond donors (Lipinski definition) is 0. The second kappa shape index (κ2) is 4.84. The maximum absolute atomic E-state index is 4.67. The number of aryl methyl sites for hydroxylation is 2. The summed E-state index contributed by atoms with van der Waals surface area (Å²) in [5.74, 6) is 0. The van der Waals surface area contributed by atoms with Crippen LogP contribution < -0.4 is 0 Å². The van der Waals surface area contributed by atoms with Crippen LogP contribution in [0.25, 0.3) is 10.9 Å². The van der Waals surface area contributed by atoms with E-state index in [4.69, 9.17) is 0 Å². The van der Waals surface area contributed by atoms with Crippen molar-refractivity contribution in [3.05, 3.63) is 38.4 Å². The van der Waals surface area contributed by atoms with Gasteiger partial charge in [0, 0.05) is 20.0 Å². The van der Waals surface area contributed by atoms with Crippen molar-refractivity contribution in [3.8, 4) is 0 Å². The number of nitrogens with zero attached hydrogens (tertiary/aromatic N) is 1. The van der Waals surface area contributed by atoms with Gasteiger partial charge in [0.05, 0.1) is 5.52 Å². The number of hydrogen-bond acceptors (Lipinski definition) is 1. The van der Waals surface area contributed by atoms with Crippen LogP contribution in [-0.4, -0.2) is 4.98 Å². The van der Waals surface area contributed by atoms with Gasteiger partial charge in [-0.15, -0.1) is 0 Å². The number of pyridine rings is 1. The third-order valence-corrected chi connectivity index (χ3v) is 4.11. The lowest BCUT2D eigenvalue weighted by atomic mass is 10.1. The van der Waals surface area contributed by atoms with E-state index in [1.54, 1.807) is 0 Å². The zero-order chi connectivity index (χ0) is 11.7. The molecule has 0 atom stereocenters. The molecule has 0 radical (unpaired) electrons. The molecular weight excluding hydrogens is 330 g/mol. The molecule has 0 aliphatic rings. The van der Waals surface area contributed by atoms with E-state index >= 15 is 0 Å². The molecule has 0 fully saturated rings. The van der Waals surface area contributed by atoms with Crippen LogP contribution in [0, 0.1) is 6.92 Å². The van der Waals surface area contributed by atoms with E-state index in [2.05, 4.69) is 68.9 Å². The average molecular weight is 343 g/mol. The van der Waals surface area contributed by atoms with Gasteiger partial charge >= 0.3 is 0 Å². The molecule has 3 heteroatoms. The van der Waals surface area contributed by atoms with Crippen LogP contribution in [0.5, 0.6) is 0 Å². The number of fused-ring (bicyclic) bond motifs is 1. The molecule has 0 saturated carbocycles. The van der Waals surface area contributed by atoms with Gasteiger partial charge < -0.3 is 0 Å². The fourth-order valence-electron chi connectivity index (χ4n) is 1.75. The molecule has 0 N–H and O–H groups in total. The maximum Gasteiger partial charge on any atom is 0.0728 e. The Morgan fingerprint density at radius 2 is 1.88 bits per heavy atom. The highest BCUT2D eigenvalue weighted by Crippen LogP contribution is 2.29. The van der Waals surface area contributed by atoms with Crippen molar-refractivity contribution in [3.63, 3.8) is 0 Å². The summed E-state index contributed by atoms with van der Waals surface area (Å²) < 4.78 is 2.25. The molecule has 0 unspecified atom stereocenters. The minimum atomic E-state index is 1.03. The SMILES string of the molecule is CCCc1cc(Br)c2cc(C)c(Br)cc2n1. The Balaban J connectivity index is 2.67. The van der Waals surface area contributed by atoms with Crippen molar-refractivity contribution in [2.45, 2.75) is 26.7 Å². The Morgan fingerprint density at radius 1 is 1.12 bits per heavy atom. The van der Waals surface area contributed by atoms with Gasteiger partial charge in [0.15, 0.2) is 0 Å². The summed E-state index contributed by atoms with van der Waals surface area (Å²) in [6.07, 6.45) is 2.15. The highest BCUT2D eigenvalue weighted by atomic mass is 79.9. The largest absolute Gasteiger partial charge is 0.253 e. The summed E-state index contributed by atoms with van der Waals surface area (Å²) >= 11 is 7.17. The van der Waals surface area contributed by atoms with Crippen LogP contribution in [-0.2, 0) is 6.42 Å². The average Bonchev–Trinajstić information content (AvgIpc) is 2.22. The normalized spacial score (nSPS) is 11.0. The molecule has 0 bridgehead atoms. The topological polar surface area (TPSA) is 12.9 Å². The van der Waals surface area contributed by atoms with E-state index < -0.39 is 0 Å². The lowest BCUT2D eigenvalue weighted by Crippen LogP contribution is -1.92. The van der Waals surface area contributed by atoms with Crippen molar-refractivity contribution < 1.29 is 0 Å². The number of aromatic nitrogens is 1. The van der Waals surface area contributed by atoms with E-state index in [-0.39, 0.29) is 0 Å². The van der Waals surface area contributed by atoms with E-state index in [0.29, 0.717) is 0 Å². The summed E-state index contributed by atoms with van der Waals surface area (Å²) in [5.41, 5.74) is 3.44. The number of rotatable bonds is 2. The summed E-state index contributed by atoms with van der Waals surface area (Å²) in [7, 11) is 0. The van der Waals surface area contributed by atoms with Crippen molar-refractivity contribution in [1.82, 2.24) is 4.98 Å². The predicted octanol–water partition coefficient (Wildman–Crippen LogP) is 5.02. The molecule has 2 aromatic rings. The van der Waals surface area contributed by atoms with Crippen LogP contribution in [0.2, 0.25) is 0 Å². The van der Waals surface area contributed by atoms with Crippen LogP contribution in [0.3, 0.4) is 0 Å². The minimum absolute atomic E-state index is 1.03. The molecule has 1 aromatic heterocycles. The van der Waals surface area contributed by atoms with Crippen molar-refractivity contribution in [2.75, 3.05) is 0 Å². The van der Waals surface area contributed by atoms with E-state index in [0.717, 1.165) is 33.0 Å². The first-order chi connectivity index (χ1) is 7.61. The van der Waals surface area contributed by atoms with Gasteiger partial charge in [-0.1, -0.05) is 45.2 Å². The van der Waals surface area contributed by atoms with Gasteiger partial charge in [0.25, 0.3) is 0 Å². The quantitative estimate of drug-likeness (QED) is 0.746. The Morgan fingerprint density at radius 3 is 2.56 bits per heavy atom. The van der Waals surface area contributed by atoms with Gasteiger partial charge in [0.2, 0.25) is 0 Å². The van der Waals surface area contributed by atoms with Crippen LogP contribution in [0.4, 0.5) is 0 Å². The highest BCUT2D eigenvalue weighted by Gasteiger charge is 2.06. The zero-order valence-electron chi connectivity index (χ0n) is 9.35. The van der Waals surface area contributed by atoms with Crippen molar-refractivity contribution >= 4 is 42.8 Å². The Labute approximate surface area is 113 Å². The molecule has 0 aliphatic carbocycles. The number of benzene rings is 1. The molecule has 16 heavy (non-hydrogen) atoms. The van der Waals surface area contributed by atoms with Gasteiger partial charge in [0.1, 0.15) is 0 Å². The molecule has 2 rings (SSSR count). The zero-order valence-corrected chi connectivity index (χ0v) is 12.5. The van der Waals surface area contributed by atoms with Gasteiger partial charge in [-0.05, 0) is 37.1 Å². The monoisotopic (exact) mass is 341 g/mol. The van der Waals surface area contributed by atoms with E-state index in [1.165, 1.54) is 10.9 Å². The van der Waals surface area contributed by atoms with Crippen molar-refractivity contribution in [1.29, 1.82) is 0 Å². The number of halogens is 2. The van der Waals surface area contributed by atoms with Gasteiger partial charge in [-0.3, -0.25) is 4.98 Å². The van der Waals surface area contributed by atoms with Crippen LogP contribution >= 0.6 is 31.9 Å². The lowest BCUT2D eigenvalue weighted by molar-refractivity contribution is 0.889. The van der Waals surface area contributed by atoms with E-state index in [9.17, 15) is 0 Å². The third-order valence-electron chi connectivity index (χ3n) is 2.60. The highest BCUT2D eigenvalue weighted by molar-refractivity contribution is 9.11. The summed E-state index contributed by atoms with van der Waals surface area (Å²) in [5, 5.41) is 1.18. The molecular formula is C13H13Br2N. The maximum atomic E-state index is 4.67. The molecule has 0 spiro atoms. The van der Waals surface area contributed by atoms with E-state index in [1.807, 2.05) is 0 Å². The lowest BCUT2D eigenvalue weighted by Gasteiger charge is -2.07. The molecule has 0 amide bonds.